The number of carbonyl (C=O) groups excluding carboxylic acids is 1. The van der Waals surface area contributed by atoms with E-state index in [-0.39, 0.29) is 11.6 Å². The Morgan fingerprint density at radius 3 is 2.91 bits per heavy atom. The van der Waals surface area contributed by atoms with Gasteiger partial charge >= 0.3 is 0 Å². The van der Waals surface area contributed by atoms with Gasteiger partial charge in [-0.25, -0.2) is 4.99 Å². The number of nitro groups is 1. The number of hydrogen-bond acceptors (Lipinski definition) is 6. The first-order valence-corrected chi connectivity index (χ1v) is 11.8. The fourth-order valence-corrected chi connectivity index (χ4v) is 5.39. The molecule has 4 aromatic rings. The van der Waals surface area contributed by atoms with E-state index >= 15 is 0 Å². The van der Waals surface area contributed by atoms with Crippen molar-refractivity contribution in [3.63, 3.8) is 0 Å². The molecule has 0 saturated heterocycles. The van der Waals surface area contributed by atoms with Crippen molar-refractivity contribution in [1.82, 2.24) is 9.88 Å². The zero-order valence-corrected chi connectivity index (χ0v) is 19.1. The van der Waals surface area contributed by atoms with Crippen molar-refractivity contribution in [3.05, 3.63) is 98.6 Å². The fraction of sp³-hybridized carbons (Fsp3) is 0.200. The molecule has 0 radical (unpaired) electrons. The summed E-state index contributed by atoms with van der Waals surface area (Å²) >= 11 is 1.56. The third-order valence-electron chi connectivity index (χ3n) is 5.80. The summed E-state index contributed by atoms with van der Waals surface area (Å²) < 4.78 is 7.17. The molecule has 0 spiro atoms. The molecule has 1 aliphatic rings. The highest BCUT2D eigenvalue weighted by Crippen LogP contribution is 2.40. The number of amides is 1. The van der Waals surface area contributed by atoms with E-state index in [1.54, 1.807) is 35.9 Å². The lowest BCUT2D eigenvalue weighted by Gasteiger charge is -2.12. The number of nitro benzene ring substituents is 1. The third-order valence-corrected chi connectivity index (χ3v) is 7.00. The van der Waals surface area contributed by atoms with Crippen LogP contribution in [0.2, 0.25) is 0 Å². The number of thiophene rings is 1. The lowest BCUT2D eigenvalue weighted by molar-refractivity contribution is -0.384. The first-order chi connectivity index (χ1) is 16.6. The van der Waals surface area contributed by atoms with Gasteiger partial charge in [0.25, 0.3) is 11.6 Å². The number of nitrogens with zero attached hydrogens (tertiary/aromatic N) is 3. The van der Waals surface area contributed by atoms with E-state index in [9.17, 15) is 14.9 Å². The maximum atomic E-state index is 13.2. The van der Waals surface area contributed by atoms with E-state index < -0.39 is 4.92 Å². The Hall–Kier alpha value is -3.98. The largest absolute Gasteiger partial charge is 0.467 e. The summed E-state index contributed by atoms with van der Waals surface area (Å²) in [4.78, 5) is 29.9. The van der Waals surface area contributed by atoms with Gasteiger partial charge in [0, 0.05) is 23.2 Å². The van der Waals surface area contributed by atoms with Gasteiger partial charge in [-0.3, -0.25) is 14.9 Å². The quantitative estimate of drug-likeness (QED) is 0.214. The van der Waals surface area contributed by atoms with Gasteiger partial charge in [-0.05, 0) is 61.6 Å². The van der Waals surface area contributed by atoms with Crippen molar-refractivity contribution >= 4 is 34.1 Å². The summed E-state index contributed by atoms with van der Waals surface area (Å²) in [6, 6.07) is 13.8. The van der Waals surface area contributed by atoms with Gasteiger partial charge in [0.1, 0.15) is 10.8 Å². The molecule has 0 atom stereocenters. The molecule has 3 aromatic heterocycles. The van der Waals surface area contributed by atoms with E-state index in [0.717, 1.165) is 36.9 Å². The van der Waals surface area contributed by atoms with Gasteiger partial charge in [-0.1, -0.05) is 6.07 Å². The van der Waals surface area contributed by atoms with Crippen LogP contribution in [0.5, 0.6) is 0 Å². The molecular formula is C25H22N4O4S. The Morgan fingerprint density at radius 1 is 1.21 bits per heavy atom. The molecule has 1 aliphatic carbocycles. The van der Waals surface area contributed by atoms with Crippen molar-refractivity contribution in [3.8, 4) is 5.69 Å². The number of furan rings is 1. The summed E-state index contributed by atoms with van der Waals surface area (Å²) in [7, 11) is 0. The molecule has 1 amide bonds. The fourth-order valence-electron chi connectivity index (χ4n) is 4.16. The Bertz CT molecular complexity index is 1370. The number of rotatable bonds is 7. The second kappa shape index (κ2) is 9.48. The van der Waals surface area contributed by atoms with Gasteiger partial charge in [0.05, 0.1) is 40.9 Å². The number of carbonyl (C=O) groups is 1. The molecule has 0 bridgehead atoms. The molecule has 0 fully saturated rings. The second-order valence-corrected chi connectivity index (χ2v) is 9.07. The van der Waals surface area contributed by atoms with Crippen LogP contribution in [0.4, 0.5) is 10.7 Å². The van der Waals surface area contributed by atoms with Gasteiger partial charge in [0.15, 0.2) is 0 Å². The molecule has 1 aromatic carbocycles. The van der Waals surface area contributed by atoms with Gasteiger partial charge in [-0.15, -0.1) is 11.3 Å². The van der Waals surface area contributed by atoms with Crippen LogP contribution < -0.4 is 5.32 Å². The maximum Gasteiger partial charge on any atom is 0.271 e. The highest BCUT2D eigenvalue weighted by Gasteiger charge is 2.25. The van der Waals surface area contributed by atoms with E-state index in [1.807, 2.05) is 35.0 Å². The van der Waals surface area contributed by atoms with Crippen molar-refractivity contribution in [1.29, 1.82) is 0 Å². The first kappa shape index (κ1) is 21.8. The minimum absolute atomic E-state index is 0.0236. The van der Waals surface area contributed by atoms with Crippen LogP contribution in [0.3, 0.4) is 0 Å². The van der Waals surface area contributed by atoms with Crippen molar-refractivity contribution in [2.45, 2.75) is 32.2 Å². The number of nitrogens with one attached hydrogen (secondary N) is 1. The molecule has 5 rings (SSSR count). The summed E-state index contributed by atoms with van der Waals surface area (Å²) in [6.45, 7) is 0.315. The van der Waals surface area contributed by atoms with Gasteiger partial charge < -0.3 is 14.3 Å². The zero-order chi connectivity index (χ0) is 23.5. The van der Waals surface area contributed by atoms with Crippen LogP contribution in [0.15, 0.2) is 70.4 Å². The molecule has 0 saturated carbocycles. The number of aromatic nitrogens is 1. The average Bonchev–Trinajstić information content (AvgIpc) is 3.61. The first-order valence-electron chi connectivity index (χ1n) is 11.0. The molecule has 8 nitrogen and oxygen atoms in total. The van der Waals surface area contributed by atoms with Crippen LogP contribution in [-0.2, 0) is 19.4 Å². The average molecular weight is 475 g/mol. The van der Waals surface area contributed by atoms with E-state index in [0.29, 0.717) is 28.6 Å². The molecule has 1 N–H and O–H groups in total. The molecular weight excluding hydrogens is 452 g/mol. The second-order valence-electron chi connectivity index (χ2n) is 7.99. The van der Waals surface area contributed by atoms with Crippen LogP contribution in [0, 0.1) is 10.1 Å². The molecule has 9 heteroatoms. The normalized spacial score (nSPS) is 13.2. The minimum atomic E-state index is -0.412. The summed E-state index contributed by atoms with van der Waals surface area (Å²) in [5.41, 5.74) is 3.18. The lowest BCUT2D eigenvalue weighted by atomic mass is 9.95. The van der Waals surface area contributed by atoms with Crippen molar-refractivity contribution in [2.75, 3.05) is 0 Å². The molecule has 0 aliphatic heterocycles. The standard InChI is InChI=1S/C25H22N4O4S/c30-24(26-16-20-9-5-13-33-20)23-21-10-1-2-11-22(21)34-25(23)27-15-19-8-4-12-28(19)17-6-3-7-18(14-17)29(31)32/h3-9,12-15H,1-2,10-11,16H2,(H,26,30). The third kappa shape index (κ3) is 4.42. The van der Waals surface area contributed by atoms with Crippen molar-refractivity contribution < 1.29 is 14.1 Å². The van der Waals surface area contributed by atoms with Crippen LogP contribution in [0.1, 0.15) is 45.1 Å². The Morgan fingerprint density at radius 2 is 2.09 bits per heavy atom. The maximum absolute atomic E-state index is 13.2. The molecule has 3 heterocycles. The molecule has 172 valence electrons. The Balaban J connectivity index is 1.45. The summed E-state index contributed by atoms with van der Waals surface area (Å²) in [5, 5.41) is 14.8. The van der Waals surface area contributed by atoms with Crippen molar-refractivity contribution in [2.24, 2.45) is 4.99 Å². The number of benzene rings is 1. The number of hydrogen-bond donors (Lipinski definition) is 1. The number of aliphatic imine (C=N–C) groups is 1. The Kier molecular flexibility index (Phi) is 6.09. The van der Waals surface area contributed by atoms with Crippen LogP contribution >= 0.6 is 11.3 Å². The van der Waals surface area contributed by atoms with E-state index in [1.165, 1.54) is 17.0 Å². The molecule has 34 heavy (non-hydrogen) atoms. The topological polar surface area (TPSA) is 103 Å². The van der Waals surface area contributed by atoms with Crippen LogP contribution in [-0.4, -0.2) is 21.6 Å². The highest BCUT2D eigenvalue weighted by molar-refractivity contribution is 7.16. The number of fused-ring (bicyclic) bond motifs is 1. The highest BCUT2D eigenvalue weighted by atomic mass is 32.1. The predicted octanol–water partition coefficient (Wildman–Crippen LogP) is 5.60. The van der Waals surface area contributed by atoms with E-state index in [2.05, 4.69) is 5.32 Å². The predicted molar refractivity (Wildman–Crippen MR) is 131 cm³/mol. The molecule has 0 unspecified atom stereocenters. The lowest BCUT2D eigenvalue weighted by Crippen LogP contribution is -2.23. The minimum Gasteiger partial charge on any atom is -0.467 e. The summed E-state index contributed by atoms with van der Waals surface area (Å²) in [6.07, 6.45) is 9.12. The smallest absolute Gasteiger partial charge is 0.271 e. The van der Waals surface area contributed by atoms with Gasteiger partial charge in [0.2, 0.25) is 0 Å². The number of aryl methyl sites for hydroxylation is 1. The van der Waals surface area contributed by atoms with Crippen LogP contribution in [0.25, 0.3) is 5.69 Å². The number of non-ortho nitro benzene ring substituents is 1. The van der Waals surface area contributed by atoms with Gasteiger partial charge in [-0.2, -0.15) is 0 Å². The zero-order valence-electron chi connectivity index (χ0n) is 18.3. The Labute approximate surface area is 199 Å². The monoisotopic (exact) mass is 474 g/mol. The SMILES string of the molecule is O=C(NCc1ccco1)c1c(N=Cc2cccn2-c2cccc([N+](=O)[O-])c2)sc2c1CCCC2. The summed E-state index contributed by atoms with van der Waals surface area (Å²) in [5.74, 6) is 0.536. The van der Waals surface area contributed by atoms with E-state index in [4.69, 9.17) is 9.41 Å².